The maximum absolute atomic E-state index is 3.85. The van der Waals surface area contributed by atoms with Crippen molar-refractivity contribution in [3.63, 3.8) is 0 Å². The van der Waals surface area contributed by atoms with Crippen LogP contribution in [-0.4, -0.2) is 24.5 Å². The van der Waals surface area contributed by atoms with E-state index in [1.165, 1.54) is 25.7 Å². The summed E-state index contributed by atoms with van der Waals surface area (Å²) in [5, 5.41) is 0. The number of hydrogen-bond donors (Lipinski definition) is 0. The Bertz CT molecular complexity index is 196. The molecule has 1 aliphatic rings. The number of likely N-dealkylation sites (N-methyl/N-ethyl adjacent to an activating group) is 1. The molecule has 1 saturated carbocycles. The van der Waals surface area contributed by atoms with E-state index in [0.717, 1.165) is 12.5 Å². The van der Waals surface area contributed by atoms with Crippen LogP contribution in [0.15, 0.2) is 12.7 Å². The third kappa shape index (κ3) is 10.2. The molecule has 1 atom stereocenters. The second-order valence-corrected chi connectivity index (χ2v) is 6.51. The molecule has 1 aliphatic carbocycles. The number of rotatable bonds is 3. The van der Waals surface area contributed by atoms with Gasteiger partial charge in [-0.2, -0.15) is 0 Å². The van der Waals surface area contributed by atoms with Crippen LogP contribution in [0.25, 0.3) is 0 Å². The minimum atomic E-state index is 0.298. The fourth-order valence-electron chi connectivity index (χ4n) is 2.52. The first-order valence-electron chi connectivity index (χ1n) is 8.15. The lowest BCUT2D eigenvalue weighted by Gasteiger charge is -2.35. The smallest absolute Gasteiger partial charge is 0.0320 e. The van der Waals surface area contributed by atoms with Gasteiger partial charge < -0.3 is 0 Å². The first kappa shape index (κ1) is 21.0. The molecule has 0 amide bonds. The Hall–Kier alpha value is -0.300. The fourth-order valence-corrected chi connectivity index (χ4v) is 2.52. The zero-order valence-corrected chi connectivity index (χ0v) is 14.9. The Labute approximate surface area is 123 Å². The van der Waals surface area contributed by atoms with Crippen molar-refractivity contribution in [1.82, 2.24) is 4.90 Å². The molecule has 1 unspecified atom stereocenters. The van der Waals surface area contributed by atoms with E-state index >= 15 is 0 Å². The average Bonchev–Trinajstić information content (AvgIpc) is 2.82. The highest BCUT2D eigenvalue weighted by molar-refractivity contribution is 4.94. The van der Waals surface area contributed by atoms with Gasteiger partial charge in [-0.05, 0) is 24.9 Å². The summed E-state index contributed by atoms with van der Waals surface area (Å²) >= 11 is 0. The van der Waals surface area contributed by atoms with Crippen molar-refractivity contribution in [3.05, 3.63) is 12.7 Å². The van der Waals surface area contributed by atoms with Crippen molar-refractivity contribution in [2.45, 2.75) is 80.2 Å². The van der Waals surface area contributed by atoms with Crippen molar-refractivity contribution >= 4 is 0 Å². The lowest BCUT2D eigenvalue weighted by molar-refractivity contribution is 0.172. The van der Waals surface area contributed by atoms with E-state index in [0.29, 0.717) is 11.5 Å². The third-order valence-corrected chi connectivity index (χ3v) is 3.73. The zero-order chi connectivity index (χ0) is 15.5. The molecule has 0 aromatic carbocycles. The quantitative estimate of drug-likeness (QED) is 0.589. The topological polar surface area (TPSA) is 3.24 Å². The molecule has 0 heterocycles. The van der Waals surface area contributed by atoms with Crippen LogP contribution >= 0.6 is 0 Å². The molecular weight excluding hydrogens is 230 g/mol. The molecule has 0 aromatic heterocycles. The fraction of sp³-hybridized carbons (Fsp3) is 0.889. The van der Waals surface area contributed by atoms with Gasteiger partial charge in [0.1, 0.15) is 0 Å². The number of hydrogen-bond acceptors (Lipinski definition) is 1. The van der Waals surface area contributed by atoms with Gasteiger partial charge in [0.15, 0.2) is 0 Å². The van der Waals surface area contributed by atoms with E-state index in [1.807, 2.05) is 19.9 Å². The summed E-state index contributed by atoms with van der Waals surface area (Å²) < 4.78 is 0. The highest BCUT2D eigenvalue weighted by atomic mass is 15.1. The van der Waals surface area contributed by atoms with E-state index in [9.17, 15) is 0 Å². The molecule has 1 heteroatoms. The molecule has 19 heavy (non-hydrogen) atoms. The predicted molar refractivity (Wildman–Crippen MR) is 90.7 cm³/mol. The van der Waals surface area contributed by atoms with Crippen LogP contribution in [0.3, 0.4) is 0 Å². The first-order chi connectivity index (χ1) is 8.82. The summed E-state index contributed by atoms with van der Waals surface area (Å²) in [4.78, 5) is 2.31. The van der Waals surface area contributed by atoms with Crippen LogP contribution in [-0.2, 0) is 0 Å². The summed E-state index contributed by atoms with van der Waals surface area (Å²) in [5.74, 6) is 1.05. The van der Waals surface area contributed by atoms with Gasteiger partial charge in [-0.3, -0.25) is 4.90 Å². The van der Waals surface area contributed by atoms with Gasteiger partial charge in [0.05, 0.1) is 0 Å². The maximum Gasteiger partial charge on any atom is 0.0320 e. The Morgan fingerprint density at radius 1 is 1.21 bits per heavy atom. The second kappa shape index (κ2) is 11.5. The molecule has 116 valence electrons. The standard InChI is InChI=1S/C10H21N.C6H12.C2H6/c1-7-9(10(3,4)5)11(6)8-2;1-6-4-2-3-5-6;1-2/h7,9H,1,8H2,2-6H3;6H,2-5H2,1H3;1-2H3. The van der Waals surface area contributed by atoms with Gasteiger partial charge in [-0.15, -0.1) is 6.58 Å². The molecule has 0 radical (unpaired) electrons. The molecule has 1 fully saturated rings. The Balaban J connectivity index is 0. The summed E-state index contributed by atoms with van der Waals surface area (Å²) in [5.41, 5.74) is 0.298. The van der Waals surface area contributed by atoms with Crippen molar-refractivity contribution in [2.24, 2.45) is 11.3 Å². The molecule has 1 nitrogen and oxygen atoms in total. The molecule has 0 aliphatic heterocycles. The third-order valence-electron chi connectivity index (χ3n) is 3.73. The van der Waals surface area contributed by atoms with Gasteiger partial charge in [0.25, 0.3) is 0 Å². The van der Waals surface area contributed by atoms with Crippen molar-refractivity contribution in [1.29, 1.82) is 0 Å². The lowest BCUT2D eigenvalue weighted by atomic mass is 9.86. The lowest BCUT2D eigenvalue weighted by Crippen LogP contribution is -2.39. The molecule has 0 bridgehead atoms. The highest BCUT2D eigenvalue weighted by Crippen LogP contribution is 2.24. The minimum absolute atomic E-state index is 0.298. The van der Waals surface area contributed by atoms with Crippen LogP contribution in [0.2, 0.25) is 0 Å². The number of nitrogens with zero attached hydrogens (tertiary/aromatic N) is 1. The Kier molecular flexibility index (Phi) is 12.7. The highest BCUT2D eigenvalue weighted by Gasteiger charge is 2.24. The van der Waals surface area contributed by atoms with E-state index in [4.69, 9.17) is 0 Å². The summed E-state index contributed by atoms with van der Waals surface area (Å²) in [6, 6.07) is 0.479. The predicted octanol–water partition coefficient (Wildman–Crippen LogP) is 5.76. The van der Waals surface area contributed by atoms with E-state index in [1.54, 1.807) is 0 Å². The van der Waals surface area contributed by atoms with Crippen molar-refractivity contribution in [2.75, 3.05) is 13.6 Å². The molecule has 0 aromatic rings. The van der Waals surface area contributed by atoms with E-state index in [2.05, 4.69) is 53.1 Å². The molecular formula is C18H39N. The van der Waals surface area contributed by atoms with Crippen LogP contribution in [0.4, 0.5) is 0 Å². The Morgan fingerprint density at radius 3 is 1.74 bits per heavy atom. The van der Waals surface area contributed by atoms with E-state index in [-0.39, 0.29) is 0 Å². The van der Waals surface area contributed by atoms with Gasteiger partial charge in [-0.25, -0.2) is 0 Å². The van der Waals surface area contributed by atoms with Gasteiger partial charge in [0.2, 0.25) is 0 Å². The van der Waals surface area contributed by atoms with Gasteiger partial charge in [0, 0.05) is 6.04 Å². The summed E-state index contributed by atoms with van der Waals surface area (Å²) in [7, 11) is 2.14. The summed E-state index contributed by atoms with van der Waals surface area (Å²) in [6.45, 7) is 20.2. The zero-order valence-electron chi connectivity index (χ0n) is 14.9. The molecule has 0 saturated heterocycles. The van der Waals surface area contributed by atoms with Crippen LogP contribution < -0.4 is 0 Å². The molecule has 0 spiro atoms. The summed E-state index contributed by atoms with van der Waals surface area (Å²) in [6.07, 6.45) is 7.98. The van der Waals surface area contributed by atoms with E-state index < -0.39 is 0 Å². The maximum atomic E-state index is 3.85. The Morgan fingerprint density at radius 2 is 1.63 bits per heavy atom. The second-order valence-electron chi connectivity index (χ2n) is 6.51. The van der Waals surface area contributed by atoms with Crippen LogP contribution in [0.5, 0.6) is 0 Å². The minimum Gasteiger partial charge on any atom is -0.300 e. The normalized spacial score (nSPS) is 17.1. The van der Waals surface area contributed by atoms with Gasteiger partial charge >= 0.3 is 0 Å². The van der Waals surface area contributed by atoms with Crippen molar-refractivity contribution in [3.8, 4) is 0 Å². The molecule has 0 N–H and O–H groups in total. The van der Waals surface area contributed by atoms with Crippen LogP contribution in [0, 0.1) is 11.3 Å². The first-order valence-corrected chi connectivity index (χ1v) is 8.15. The van der Waals surface area contributed by atoms with Crippen molar-refractivity contribution < 1.29 is 0 Å². The van der Waals surface area contributed by atoms with Crippen LogP contribution in [0.1, 0.15) is 74.1 Å². The monoisotopic (exact) mass is 269 g/mol. The SMILES string of the molecule is C=CC(N(C)CC)C(C)(C)C.CC.CC1CCCC1. The largest absolute Gasteiger partial charge is 0.300 e. The van der Waals surface area contributed by atoms with Gasteiger partial charge in [-0.1, -0.05) is 80.2 Å². The average molecular weight is 270 g/mol. The molecule has 1 rings (SSSR count).